The quantitative estimate of drug-likeness (QED) is 0.672. The van der Waals surface area contributed by atoms with Crippen LogP contribution in [0.3, 0.4) is 0 Å². The molecule has 4 nitrogen and oxygen atoms in total. The molecular formula is C21H24N4. The Kier molecular flexibility index (Phi) is 4.79. The van der Waals surface area contributed by atoms with E-state index in [1.165, 1.54) is 10.9 Å². The van der Waals surface area contributed by atoms with Gasteiger partial charge in [-0.1, -0.05) is 30.9 Å². The van der Waals surface area contributed by atoms with Gasteiger partial charge in [-0.3, -0.25) is 4.98 Å². The van der Waals surface area contributed by atoms with Crippen LogP contribution in [0.4, 0.5) is 0 Å². The number of nitrogens with zero attached hydrogens (tertiary/aromatic N) is 4. The van der Waals surface area contributed by atoms with Crippen LogP contribution in [0.25, 0.3) is 22.2 Å². The second-order valence-electron chi connectivity index (χ2n) is 6.42. The van der Waals surface area contributed by atoms with Gasteiger partial charge >= 0.3 is 0 Å². The first kappa shape index (κ1) is 17.1. The van der Waals surface area contributed by atoms with E-state index in [1.807, 2.05) is 43.7 Å². The maximum Gasteiger partial charge on any atom is 0.158 e. The Hall–Kier alpha value is -2.75. The maximum absolute atomic E-state index is 4.81. The molecule has 0 unspecified atom stereocenters. The van der Waals surface area contributed by atoms with E-state index in [1.54, 1.807) is 0 Å². The number of allylic oxidation sites excluding steroid dienone is 3. The Morgan fingerprint density at radius 1 is 1.16 bits per heavy atom. The molecule has 0 fully saturated rings. The summed E-state index contributed by atoms with van der Waals surface area (Å²) in [6.45, 7) is 12.1. The molecule has 0 saturated carbocycles. The molecule has 0 atom stereocenters. The van der Waals surface area contributed by atoms with Crippen LogP contribution >= 0.6 is 0 Å². The largest absolute Gasteiger partial charge is 0.253 e. The summed E-state index contributed by atoms with van der Waals surface area (Å²) in [4.78, 5) is 9.48. The number of aryl methyl sites for hydroxylation is 3. The fourth-order valence-electron chi connectivity index (χ4n) is 2.85. The van der Waals surface area contributed by atoms with Gasteiger partial charge in [0.1, 0.15) is 0 Å². The molecule has 0 saturated heterocycles. The van der Waals surface area contributed by atoms with Crippen LogP contribution in [0.1, 0.15) is 43.7 Å². The van der Waals surface area contributed by atoms with E-state index in [-0.39, 0.29) is 0 Å². The lowest BCUT2D eigenvalue weighted by Crippen LogP contribution is -2.02. The lowest BCUT2D eigenvalue weighted by Gasteiger charge is -2.06. The number of hydrogen-bond donors (Lipinski definition) is 0. The second kappa shape index (κ2) is 7.01. The summed E-state index contributed by atoms with van der Waals surface area (Å²) >= 11 is 0. The number of fused-ring (bicyclic) bond motifs is 1. The molecule has 3 rings (SSSR count). The number of benzene rings is 1. The van der Waals surface area contributed by atoms with E-state index in [0.29, 0.717) is 0 Å². The lowest BCUT2D eigenvalue weighted by atomic mass is 10.1. The van der Waals surface area contributed by atoms with Gasteiger partial charge in [0.25, 0.3) is 0 Å². The van der Waals surface area contributed by atoms with Gasteiger partial charge in [-0.15, -0.1) is 0 Å². The fraction of sp³-hybridized carbons (Fsp3) is 0.286. The van der Waals surface area contributed by atoms with Gasteiger partial charge in [0, 0.05) is 23.2 Å². The highest BCUT2D eigenvalue weighted by molar-refractivity contribution is 5.79. The van der Waals surface area contributed by atoms with Crippen molar-refractivity contribution in [3.8, 4) is 0 Å². The Labute approximate surface area is 148 Å². The molecule has 25 heavy (non-hydrogen) atoms. The van der Waals surface area contributed by atoms with Gasteiger partial charge in [0.15, 0.2) is 11.6 Å². The molecule has 0 amide bonds. The zero-order valence-corrected chi connectivity index (χ0v) is 15.4. The summed E-state index contributed by atoms with van der Waals surface area (Å²) in [5.41, 5.74) is 5.32. The van der Waals surface area contributed by atoms with Crippen molar-refractivity contribution >= 4 is 22.2 Å². The zero-order valence-electron chi connectivity index (χ0n) is 15.4. The number of aromatic nitrogens is 4. The van der Waals surface area contributed by atoms with Crippen molar-refractivity contribution in [1.29, 1.82) is 0 Å². The fourth-order valence-corrected chi connectivity index (χ4v) is 2.85. The SMILES string of the molecule is C=C(C)c1nc(CCc2nc3ccccc3cc2C)nn1/C(C)=C\C. The van der Waals surface area contributed by atoms with Crippen molar-refractivity contribution in [2.24, 2.45) is 0 Å². The Morgan fingerprint density at radius 3 is 2.64 bits per heavy atom. The van der Waals surface area contributed by atoms with Crippen LogP contribution < -0.4 is 0 Å². The minimum atomic E-state index is 0.760. The summed E-state index contributed by atoms with van der Waals surface area (Å²) in [6.07, 6.45) is 3.61. The van der Waals surface area contributed by atoms with Crippen molar-refractivity contribution in [1.82, 2.24) is 19.7 Å². The molecule has 0 aliphatic carbocycles. The Morgan fingerprint density at radius 2 is 1.92 bits per heavy atom. The van der Waals surface area contributed by atoms with E-state index < -0.39 is 0 Å². The molecule has 0 bridgehead atoms. The van der Waals surface area contributed by atoms with Crippen molar-refractivity contribution in [3.63, 3.8) is 0 Å². The molecule has 2 aromatic heterocycles. The normalized spacial score (nSPS) is 11.9. The summed E-state index contributed by atoms with van der Waals surface area (Å²) < 4.78 is 1.87. The summed E-state index contributed by atoms with van der Waals surface area (Å²) in [5.74, 6) is 1.65. The van der Waals surface area contributed by atoms with Crippen molar-refractivity contribution in [2.45, 2.75) is 40.5 Å². The van der Waals surface area contributed by atoms with Gasteiger partial charge in [0.2, 0.25) is 0 Å². The molecule has 0 N–H and O–H groups in total. The zero-order chi connectivity index (χ0) is 18.0. The minimum absolute atomic E-state index is 0.760. The second-order valence-corrected chi connectivity index (χ2v) is 6.42. The van der Waals surface area contributed by atoms with Gasteiger partial charge in [0.05, 0.1) is 5.52 Å². The molecule has 0 spiro atoms. The summed E-state index contributed by atoms with van der Waals surface area (Å²) in [7, 11) is 0. The highest BCUT2D eigenvalue weighted by Crippen LogP contribution is 2.19. The van der Waals surface area contributed by atoms with Gasteiger partial charge < -0.3 is 0 Å². The van der Waals surface area contributed by atoms with Crippen LogP contribution in [0.5, 0.6) is 0 Å². The first-order chi connectivity index (χ1) is 12.0. The molecule has 128 valence electrons. The molecule has 0 aliphatic heterocycles. The van der Waals surface area contributed by atoms with Crippen LogP contribution in [0.2, 0.25) is 0 Å². The standard InChI is InChI=1S/C21H24N4/c1-6-16(5)25-21(14(2)3)23-20(24-25)12-11-18-15(4)13-17-9-7-8-10-19(17)22-18/h6-10,13H,2,11-12H2,1,3-5H3/b16-6-. The Balaban J connectivity index is 1.87. The molecule has 0 radical (unpaired) electrons. The van der Waals surface area contributed by atoms with E-state index in [2.05, 4.69) is 41.8 Å². The van der Waals surface area contributed by atoms with E-state index >= 15 is 0 Å². The molecule has 2 heterocycles. The average molecular weight is 332 g/mol. The van der Waals surface area contributed by atoms with Crippen LogP contribution in [-0.4, -0.2) is 19.7 Å². The monoisotopic (exact) mass is 332 g/mol. The van der Waals surface area contributed by atoms with Gasteiger partial charge in [-0.05, 0) is 57.4 Å². The molecule has 1 aromatic carbocycles. The summed E-state index contributed by atoms with van der Waals surface area (Å²) in [6, 6.07) is 10.4. The highest BCUT2D eigenvalue weighted by atomic mass is 15.4. The van der Waals surface area contributed by atoms with Crippen LogP contribution in [0.15, 0.2) is 43.0 Å². The van der Waals surface area contributed by atoms with Crippen molar-refractivity contribution in [2.75, 3.05) is 0 Å². The third-order valence-corrected chi connectivity index (χ3v) is 4.39. The molecule has 0 aliphatic rings. The molecule has 3 aromatic rings. The third-order valence-electron chi connectivity index (χ3n) is 4.39. The summed E-state index contributed by atoms with van der Waals surface area (Å²) in [5, 5.41) is 5.84. The number of rotatable bonds is 5. The van der Waals surface area contributed by atoms with E-state index in [0.717, 1.165) is 47.0 Å². The van der Waals surface area contributed by atoms with Crippen molar-refractivity contribution in [3.05, 3.63) is 65.9 Å². The van der Waals surface area contributed by atoms with Crippen LogP contribution in [-0.2, 0) is 12.8 Å². The highest BCUT2D eigenvalue weighted by Gasteiger charge is 2.12. The predicted octanol–water partition coefficient (Wildman–Crippen LogP) is 4.83. The predicted molar refractivity (Wildman–Crippen MR) is 104 cm³/mol. The van der Waals surface area contributed by atoms with Crippen LogP contribution in [0, 0.1) is 6.92 Å². The number of hydrogen-bond acceptors (Lipinski definition) is 3. The van der Waals surface area contributed by atoms with Gasteiger partial charge in [-0.2, -0.15) is 5.10 Å². The topological polar surface area (TPSA) is 43.6 Å². The van der Waals surface area contributed by atoms with Gasteiger partial charge in [-0.25, -0.2) is 9.67 Å². The van der Waals surface area contributed by atoms with Crippen molar-refractivity contribution < 1.29 is 0 Å². The molecular weight excluding hydrogens is 308 g/mol. The van der Waals surface area contributed by atoms with E-state index in [4.69, 9.17) is 4.98 Å². The first-order valence-electron chi connectivity index (χ1n) is 8.60. The number of pyridine rings is 1. The smallest absolute Gasteiger partial charge is 0.158 e. The Bertz CT molecular complexity index is 963. The number of para-hydroxylation sites is 1. The molecule has 4 heteroatoms. The third kappa shape index (κ3) is 3.53. The average Bonchev–Trinajstić information content (AvgIpc) is 3.04. The minimum Gasteiger partial charge on any atom is -0.253 e. The van der Waals surface area contributed by atoms with E-state index in [9.17, 15) is 0 Å². The maximum atomic E-state index is 4.81. The lowest BCUT2D eigenvalue weighted by molar-refractivity contribution is 0.803. The first-order valence-corrected chi connectivity index (χ1v) is 8.60.